The lowest BCUT2D eigenvalue weighted by molar-refractivity contribution is -0.122. The van der Waals surface area contributed by atoms with E-state index in [1.165, 1.54) is 4.31 Å². The van der Waals surface area contributed by atoms with Gasteiger partial charge < -0.3 is 0 Å². The van der Waals surface area contributed by atoms with Crippen molar-refractivity contribution >= 4 is 38.1 Å². The Morgan fingerprint density at radius 3 is 2.15 bits per heavy atom. The van der Waals surface area contributed by atoms with Crippen molar-refractivity contribution in [3.8, 4) is 11.1 Å². The Labute approximate surface area is 208 Å². The van der Waals surface area contributed by atoms with E-state index in [0.29, 0.717) is 26.2 Å². The molecule has 0 saturated carbocycles. The summed E-state index contributed by atoms with van der Waals surface area (Å²) < 4.78 is 27.9. The van der Waals surface area contributed by atoms with Crippen LogP contribution in [0.2, 0.25) is 0 Å². The average Bonchev–Trinajstić information content (AvgIpc) is 2.86. The smallest absolute Gasteiger partial charge is 0.254 e. The van der Waals surface area contributed by atoms with Gasteiger partial charge in [0.2, 0.25) is 10.0 Å². The van der Waals surface area contributed by atoms with Gasteiger partial charge in [-0.1, -0.05) is 70.5 Å². The highest BCUT2D eigenvalue weighted by atomic mass is 79.9. The number of rotatable bonds is 7. The summed E-state index contributed by atoms with van der Waals surface area (Å²) in [5.74, 6) is -0.235. The molecule has 9 heteroatoms. The number of hydrogen-bond acceptors (Lipinski definition) is 5. The largest absolute Gasteiger partial charge is 0.292 e. The second-order valence-electron chi connectivity index (χ2n) is 7.92. The summed E-state index contributed by atoms with van der Waals surface area (Å²) in [6.07, 6.45) is 1.61. The number of hydrazone groups is 1. The van der Waals surface area contributed by atoms with Crippen LogP contribution in [0.1, 0.15) is 5.56 Å². The molecule has 1 aliphatic rings. The van der Waals surface area contributed by atoms with Crippen LogP contribution in [0, 0.1) is 0 Å². The molecule has 7 nitrogen and oxygen atoms in total. The van der Waals surface area contributed by atoms with Crippen LogP contribution in [0.25, 0.3) is 11.1 Å². The van der Waals surface area contributed by atoms with Crippen molar-refractivity contribution in [2.75, 3.05) is 32.7 Å². The lowest BCUT2D eigenvalue weighted by Gasteiger charge is -2.33. The van der Waals surface area contributed by atoms with Gasteiger partial charge in [0.25, 0.3) is 5.91 Å². The van der Waals surface area contributed by atoms with Crippen molar-refractivity contribution < 1.29 is 13.2 Å². The van der Waals surface area contributed by atoms with Crippen LogP contribution in [0.4, 0.5) is 0 Å². The number of piperazine rings is 1. The molecule has 0 bridgehead atoms. The minimum atomic E-state index is -3.53. The fourth-order valence-corrected chi connectivity index (χ4v) is 5.38. The molecule has 1 saturated heterocycles. The summed E-state index contributed by atoms with van der Waals surface area (Å²) in [6, 6.07) is 24.6. The molecule has 1 N–H and O–H groups in total. The zero-order valence-corrected chi connectivity index (χ0v) is 20.9. The van der Waals surface area contributed by atoms with Crippen molar-refractivity contribution in [2.45, 2.75) is 4.90 Å². The minimum absolute atomic E-state index is 0.163. The van der Waals surface area contributed by atoms with Gasteiger partial charge in [-0.05, 0) is 41.0 Å². The fraction of sp³-hybridized carbons (Fsp3) is 0.200. The third kappa shape index (κ3) is 6.18. The summed E-state index contributed by atoms with van der Waals surface area (Å²) in [5, 5.41) is 4.05. The fourth-order valence-electron chi connectivity index (χ4n) is 3.69. The van der Waals surface area contributed by atoms with Gasteiger partial charge in [-0.3, -0.25) is 9.69 Å². The molecule has 0 spiro atoms. The van der Waals surface area contributed by atoms with E-state index < -0.39 is 10.0 Å². The normalized spacial score (nSPS) is 15.4. The third-order valence-corrected chi connectivity index (χ3v) is 8.01. The van der Waals surface area contributed by atoms with E-state index in [4.69, 9.17) is 0 Å². The van der Waals surface area contributed by atoms with Gasteiger partial charge >= 0.3 is 0 Å². The first-order chi connectivity index (χ1) is 16.4. The van der Waals surface area contributed by atoms with E-state index in [1.807, 2.05) is 47.4 Å². The van der Waals surface area contributed by atoms with E-state index in [1.54, 1.807) is 30.5 Å². The number of carbonyl (C=O) groups is 1. The highest BCUT2D eigenvalue weighted by Gasteiger charge is 2.28. The number of sulfonamides is 1. The Bertz CT molecular complexity index is 1240. The molecule has 176 valence electrons. The summed E-state index contributed by atoms with van der Waals surface area (Å²) in [4.78, 5) is 14.5. The van der Waals surface area contributed by atoms with Crippen molar-refractivity contribution in [1.82, 2.24) is 14.6 Å². The molecule has 3 aromatic rings. The van der Waals surface area contributed by atoms with E-state index in [0.717, 1.165) is 21.2 Å². The zero-order valence-electron chi connectivity index (χ0n) is 18.5. The highest BCUT2D eigenvalue weighted by molar-refractivity contribution is 9.10. The Hall–Kier alpha value is -2.85. The molecule has 34 heavy (non-hydrogen) atoms. The number of halogens is 1. The quantitative estimate of drug-likeness (QED) is 0.367. The third-order valence-electron chi connectivity index (χ3n) is 5.57. The maximum Gasteiger partial charge on any atom is 0.254 e. The van der Waals surface area contributed by atoms with Gasteiger partial charge in [0.05, 0.1) is 17.7 Å². The summed E-state index contributed by atoms with van der Waals surface area (Å²) in [6.45, 7) is 1.80. The lowest BCUT2D eigenvalue weighted by atomic mass is 10.0. The summed E-state index contributed by atoms with van der Waals surface area (Å²) >= 11 is 3.32. The number of hydrogen-bond donors (Lipinski definition) is 1. The van der Waals surface area contributed by atoms with E-state index in [2.05, 4.69) is 38.6 Å². The van der Waals surface area contributed by atoms with Gasteiger partial charge in [0, 0.05) is 30.7 Å². The van der Waals surface area contributed by atoms with Crippen LogP contribution in [0.15, 0.2) is 93.3 Å². The van der Waals surface area contributed by atoms with Gasteiger partial charge in [0.1, 0.15) is 0 Å². The van der Waals surface area contributed by atoms with Crippen LogP contribution in [-0.4, -0.2) is 62.5 Å². The van der Waals surface area contributed by atoms with Crippen LogP contribution in [0.5, 0.6) is 0 Å². The molecule has 1 heterocycles. The van der Waals surface area contributed by atoms with Gasteiger partial charge in [-0.25, -0.2) is 13.8 Å². The molecule has 0 aliphatic carbocycles. The van der Waals surface area contributed by atoms with Crippen LogP contribution in [0.3, 0.4) is 0 Å². The van der Waals surface area contributed by atoms with Gasteiger partial charge in [-0.15, -0.1) is 0 Å². The Morgan fingerprint density at radius 1 is 0.882 bits per heavy atom. The Balaban J connectivity index is 1.23. The average molecular weight is 541 g/mol. The molecule has 1 aliphatic heterocycles. The number of nitrogens with one attached hydrogen (secondary N) is 1. The maximum atomic E-state index is 12.8. The minimum Gasteiger partial charge on any atom is -0.292 e. The van der Waals surface area contributed by atoms with Crippen molar-refractivity contribution in [3.63, 3.8) is 0 Å². The molecule has 0 aromatic heterocycles. The topological polar surface area (TPSA) is 82.1 Å². The monoisotopic (exact) mass is 540 g/mol. The predicted octanol–water partition coefficient (Wildman–Crippen LogP) is 3.57. The first-order valence-electron chi connectivity index (χ1n) is 10.9. The number of nitrogens with zero attached hydrogens (tertiary/aromatic N) is 3. The Morgan fingerprint density at radius 2 is 1.50 bits per heavy atom. The SMILES string of the molecule is O=C(CN1CCN(S(=O)(=O)c2ccc(Br)cc2)CC1)N/N=C/c1ccc(-c2ccccc2)cc1. The molecule has 1 fully saturated rings. The first kappa shape index (κ1) is 24.3. The summed E-state index contributed by atoms with van der Waals surface area (Å²) in [5.41, 5.74) is 5.69. The van der Waals surface area contributed by atoms with Crippen molar-refractivity contribution in [3.05, 3.63) is 88.9 Å². The molecule has 4 rings (SSSR count). The lowest BCUT2D eigenvalue weighted by Crippen LogP contribution is -2.50. The maximum absolute atomic E-state index is 12.8. The first-order valence-corrected chi connectivity index (χ1v) is 13.1. The summed E-state index contributed by atoms with van der Waals surface area (Å²) in [7, 11) is -3.53. The second kappa shape index (κ2) is 11.1. The second-order valence-corrected chi connectivity index (χ2v) is 10.8. The number of benzene rings is 3. The molecule has 1 amide bonds. The van der Waals surface area contributed by atoms with Gasteiger partial charge in [-0.2, -0.15) is 9.41 Å². The molecular formula is C25H25BrN4O3S. The molecule has 3 aromatic carbocycles. The van der Waals surface area contributed by atoms with E-state index in [-0.39, 0.29) is 17.3 Å². The van der Waals surface area contributed by atoms with E-state index in [9.17, 15) is 13.2 Å². The predicted molar refractivity (Wildman–Crippen MR) is 137 cm³/mol. The Kier molecular flexibility index (Phi) is 7.89. The van der Waals surface area contributed by atoms with Gasteiger partial charge in [0.15, 0.2) is 0 Å². The number of carbonyl (C=O) groups excluding carboxylic acids is 1. The van der Waals surface area contributed by atoms with Crippen LogP contribution >= 0.6 is 15.9 Å². The molecule has 0 unspecified atom stereocenters. The van der Waals surface area contributed by atoms with Crippen LogP contribution in [-0.2, 0) is 14.8 Å². The van der Waals surface area contributed by atoms with Crippen molar-refractivity contribution in [1.29, 1.82) is 0 Å². The number of amides is 1. The molecule has 0 atom stereocenters. The van der Waals surface area contributed by atoms with Crippen molar-refractivity contribution in [2.24, 2.45) is 5.10 Å². The van der Waals surface area contributed by atoms with Crippen LogP contribution < -0.4 is 5.43 Å². The van der Waals surface area contributed by atoms with E-state index >= 15 is 0 Å². The zero-order chi connectivity index (χ0) is 24.0. The molecule has 0 radical (unpaired) electrons. The standard InChI is InChI=1S/C25H25BrN4O3S/c26-23-10-12-24(13-11-23)34(32,33)30-16-14-29(15-17-30)19-25(31)28-27-18-20-6-8-22(9-7-20)21-4-2-1-3-5-21/h1-13,18H,14-17,19H2,(H,28,31)/b27-18+. The highest BCUT2D eigenvalue weighted by Crippen LogP contribution is 2.20. The molecular weight excluding hydrogens is 516 g/mol.